The lowest BCUT2D eigenvalue weighted by Gasteiger charge is -2.56. The first-order chi connectivity index (χ1) is 9.07. The maximum Gasteiger partial charge on any atom is 0.354 e. The van der Waals surface area contributed by atoms with Gasteiger partial charge in [0.05, 0.1) is 5.56 Å². The average Bonchev–Trinajstić information content (AvgIpc) is 2.70. The van der Waals surface area contributed by atoms with E-state index in [1.807, 2.05) is 0 Å². The highest BCUT2D eigenvalue weighted by atomic mass is 16.4. The van der Waals surface area contributed by atoms with Gasteiger partial charge in [-0.1, -0.05) is 0 Å². The zero-order valence-corrected chi connectivity index (χ0v) is 10.7. The second kappa shape index (κ2) is 3.52. The highest BCUT2D eigenvalue weighted by Gasteiger charge is 2.54. The van der Waals surface area contributed by atoms with Crippen LogP contribution in [0.2, 0.25) is 0 Å². The van der Waals surface area contributed by atoms with Gasteiger partial charge < -0.3 is 5.11 Å². The summed E-state index contributed by atoms with van der Waals surface area (Å²) >= 11 is 0. The molecule has 1 aromatic rings. The van der Waals surface area contributed by atoms with Crippen molar-refractivity contribution in [1.82, 2.24) is 10.2 Å². The lowest BCUT2D eigenvalue weighted by Crippen LogP contribution is -2.50. The van der Waals surface area contributed by atoms with E-state index in [0.717, 1.165) is 19.3 Å². The third-order valence-electron chi connectivity index (χ3n) is 5.56. The first-order valence-corrected chi connectivity index (χ1v) is 7.12. The molecule has 0 unspecified atom stereocenters. The summed E-state index contributed by atoms with van der Waals surface area (Å²) in [6.45, 7) is 0. The maximum atomic E-state index is 12.1. The highest BCUT2D eigenvalue weighted by Crippen LogP contribution is 2.60. The molecule has 4 saturated carbocycles. The van der Waals surface area contributed by atoms with Crippen LogP contribution in [0.15, 0.2) is 4.79 Å². The van der Waals surface area contributed by atoms with Crippen molar-refractivity contribution in [2.75, 3.05) is 0 Å². The third-order valence-corrected chi connectivity index (χ3v) is 5.56. The molecule has 4 bridgehead atoms. The average molecular weight is 262 g/mol. The molecule has 0 aromatic carbocycles. The summed E-state index contributed by atoms with van der Waals surface area (Å²) in [5.41, 5.74) is 0.223. The molecule has 0 atom stereocenters. The number of aromatic carboxylic acids is 1. The summed E-state index contributed by atoms with van der Waals surface area (Å²) in [5, 5.41) is 14.3. The van der Waals surface area contributed by atoms with Crippen LogP contribution in [0.1, 0.15) is 54.6 Å². The summed E-state index contributed by atoms with van der Waals surface area (Å²) in [7, 11) is 0. The Kier molecular flexibility index (Phi) is 2.10. The number of rotatable bonds is 2. The maximum absolute atomic E-state index is 12.1. The van der Waals surface area contributed by atoms with Gasteiger partial charge in [0.25, 0.3) is 5.56 Å². The van der Waals surface area contributed by atoms with Crippen molar-refractivity contribution in [3.63, 3.8) is 0 Å². The molecule has 5 nitrogen and oxygen atoms in total. The van der Waals surface area contributed by atoms with Gasteiger partial charge in [0.2, 0.25) is 0 Å². The van der Waals surface area contributed by atoms with Crippen molar-refractivity contribution >= 4 is 5.97 Å². The normalized spacial score (nSPS) is 39.7. The van der Waals surface area contributed by atoms with E-state index in [1.54, 1.807) is 0 Å². The molecule has 4 aliphatic carbocycles. The summed E-state index contributed by atoms with van der Waals surface area (Å²) in [5.74, 6) is 1.07. The van der Waals surface area contributed by atoms with Crippen molar-refractivity contribution in [2.24, 2.45) is 17.8 Å². The Morgan fingerprint density at radius 3 is 2.05 bits per heavy atom. The number of aromatic amines is 2. The van der Waals surface area contributed by atoms with Gasteiger partial charge in [0, 0.05) is 5.41 Å². The summed E-state index contributed by atoms with van der Waals surface area (Å²) in [6.07, 6.45) is 6.85. The van der Waals surface area contributed by atoms with Crippen LogP contribution < -0.4 is 5.56 Å². The standard InChI is InChI=1S/C14H18N2O3/c17-12-10(11(13(18)19)15-16-12)14-4-7-1-8(5-14)3-9(2-7)6-14/h7-9H,1-6H2,(H,18,19)(H2,15,16,17). The molecule has 5 heteroatoms. The van der Waals surface area contributed by atoms with Crippen LogP contribution in [-0.2, 0) is 5.41 Å². The molecule has 0 aliphatic heterocycles. The Morgan fingerprint density at radius 2 is 1.58 bits per heavy atom. The number of nitrogens with one attached hydrogen (secondary N) is 2. The Bertz CT molecular complexity index is 563. The fraction of sp³-hybridized carbons (Fsp3) is 0.714. The van der Waals surface area contributed by atoms with Gasteiger partial charge in [-0.2, -0.15) is 0 Å². The van der Waals surface area contributed by atoms with E-state index in [1.165, 1.54) is 19.3 Å². The lowest BCUT2D eigenvalue weighted by atomic mass is 9.48. The first kappa shape index (κ1) is 11.3. The predicted molar refractivity (Wildman–Crippen MR) is 68.2 cm³/mol. The molecule has 0 saturated heterocycles. The third kappa shape index (κ3) is 1.47. The SMILES string of the molecule is O=C(O)c1[nH][nH]c(=O)c1C12CC3CC(CC(C3)C1)C2. The molecule has 0 radical (unpaired) electrons. The van der Waals surface area contributed by atoms with Gasteiger partial charge in [0.1, 0.15) is 5.69 Å². The fourth-order valence-electron chi connectivity index (χ4n) is 5.44. The van der Waals surface area contributed by atoms with Crippen LogP contribution in [0, 0.1) is 17.8 Å². The second-order valence-electron chi connectivity index (χ2n) is 6.83. The highest BCUT2D eigenvalue weighted by molar-refractivity contribution is 5.87. The van der Waals surface area contributed by atoms with Crippen LogP contribution in [0.25, 0.3) is 0 Å². The van der Waals surface area contributed by atoms with Gasteiger partial charge in [-0.25, -0.2) is 4.79 Å². The zero-order valence-electron chi connectivity index (χ0n) is 10.7. The van der Waals surface area contributed by atoms with Crippen molar-refractivity contribution in [1.29, 1.82) is 0 Å². The molecule has 0 amide bonds. The lowest BCUT2D eigenvalue weighted by molar-refractivity contribution is -0.00626. The monoisotopic (exact) mass is 262 g/mol. The van der Waals surface area contributed by atoms with Crippen LogP contribution in [0.3, 0.4) is 0 Å². The molecule has 3 N–H and O–H groups in total. The Hall–Kier alpha value is -1.52. The van der Waals surface area contributed by atoms with Crippen molar-refractivity contribution in [3.8, 4) is 0 Å². The fourth-order valence-corrected chi connectivity index (χ4v) is 5.44. The minimum Gasteiger partial charge on any atom is -0.477 e. The van der Waals surface area contributed by atoms with Crippen molar-refractivity contribution < 1.29 is 9.90 Å². The molecule has 5 rings (SSSR count). The van der Waals surface area contributed by atoms with Crippen LogP contribution in [-0.4, -0.2) is 21.3 Å². The topological polar surface area (TPSA) is 85.9 Å². The number of hydrogen-bond donors (Lipinski definition) is 3. The zero-order chi connectivity index (χ0) is 13.2. The molecule has 1 heterocycles. The smallest absolute Gasteiger partial charge is 0.354 e. The molecular weight excluding hydrogens is 244 g/mol. The van der Waals surface area contributed by atoms with E-state index in [4.69, 9.17) is 0 Å². The minimum atomic E-state index is -1.02. The number of aromatic nitrogens is 2. The van der Waals surface area contributed by atoms with Crippen LogP contribution >= 0.6 is 0 Å². The molecule has 4 fully saturated rings. The van der Waals surface area contributed by atoms with Gasteiger partial charge in [0.15, 0.2) is 0 Å². The van der Waals surface area contributed by atoms with E-state index < -0.39 is 5.97 Å². The summed E-state index contributed by atoms with van der Waals surface area (Å²) < 4.78 is 0. The van der Waals surface area contributed by atoms with E-state index >= 15 is 0 Å². The number of carboxylic acids is 1. The van der Waals surface area contributed by atoms with Crippen molar-refractivity contribution in [3.05, 3.63) is 21.6 Å². The molecular formula is C14H18N2O3. The molecule has 102 valence electrons. The van der Waals surface area contributed by atoms with E-state index in [0.29, 0.717) is 23.3 Å². The predicted octanol–water partition coefficient (Wildman–Crippen LogP) is 1.87. The van der Waals surface area contributed by atoms with Crippen molar-refractivity contribution in [2.45, 2.75) is 43.9 Å². The molecule has 1 aromatic heterocycles. The first-order valence-electron chi connectivity index (χ1n) is 7.12. The Morgan fingerprint density at radius 1 is 1.05 bits per heavy atom. The van der Waals surface area contributed by atoms with Gasteiger partial charge in [-0.05, 0) is 56.3 Å². The number of carboxylic acid groups (broad SMARTS) is 1. The van der Waals surface area contributed by atoms with Gasteiger partial charge >= 0.3 is 5.97 Å². The van der Waals surface area contributed by atoms with Crippen LogP contribution in [0.4, 0.5) is 0 Å². The second-order valence-corrected chi connectivity index (χ2v) is 6.83. The number of carbonyl (C=O) groups is 1. The minimum absolute atomic E-state index is 0.0898. The number of hydrogen-bond acceptors (Lipinski definition) is 2. The Labute approximate surface area is 110 Å². The number of H-pyrrole nitrogens is 2. The van der Waals surface area contributed by atoms with Gasteiger partial charge in [-0.15, -0.1) is 0 Å². The molecule has 0 spiro atoms. The quantitative estimate of drug-likeness (QED) is 0.760. The van der Waals surface area contributed by atoms with Crippen LogP contribution in [0.5, 0.6) is 0 Å². The largest absolute Gasteiger partial charge is 0.477 e. The van der Waals surface area contributed by atoms with E-state index in [-0.39, 0.29) is 16.7 Å². The molecule has 4 aliphatic rings. The summed E-state index contributed by atoms with van der Waals surface area (Å²) in [6, 6.07) is 0. The summed E-state index contributed by atoms with van der Waals surface area (Å²) in [4.78, 5) is 23.4. The Balaban J connectivity index is 1.86. The molecule has 19 heavy (non-hydrogen) atoms. The van der Waals surface area contributed by atoms with E-state index in [9.17, 15) is 14.7 Å². The van der Waals surface area contributed by atoms with E-state index in [2.05, 4.69) is 10.2 Å². The van der Waals surface area contributed by atoms with Gasteiger partial charge in [-0.3, -0.25) is 15.0 Å².